The number of benzene rings is 1. The van der Waals surface area contributed by atoms with Gasteiger partial charge in [0, 0.05) is 12.4 Å². The van der Waals surface area contributed by atoms with Crippen molar-refractivity contribution in [3.63, 3.8) is 0 Å². The molecule has 0 spiro atoms. The van der Waals surface area contributed by atoms with Crippen LogP contribution in [-0.2, 0) is 6.42 Å². The predicted molar refractivity (Wildman–Crippen MR) is 70.0 cm³/mol. The summed E-state index contributed by atoms with van der Waals surface area (Å²) in [5.74, 6) is 0.982. The summed E-state index contributed by atoms with van der Waals surface area (Å²) >= 11 is 0. The fourth-order valence-electron chi connectivity index (χ4n) is 2.09. The highest BCUT2D eigenvalue weighted by atomic mass is 15.0. The summed E-state index contributed by atoms with van der Waals surface area (Å²) < 4.78 is 0. The lowest BCUT2D eigenvalue weighted by atomic mass is 10.0. The van der Waals surface area contributed by atoms with E-state index in [1.165, 1.54) is 16.5 Å². The fraction of sp³-hybridized carbons (Fsp3) is 0.357. The molecule has 0 unspecified atom stereocenters. The van der Waals surface area contributed by atoms with Gasteiger partial charge in [-0.05, 0) is 30.5 Å². The smallest absolute Gasteiger partial charge is 0.129 e. The van der Waals surface area contributed by atoms with Gasteiger partial charge in [0.25, 0.3) is 0 Å². The van der Waals surface area contributed by atoms with Crippen molar-refractivity contribution in [2.24, 2.45) is 0 Å². The lowest BCUT2D eigenvalue weighted by molar-refractivity contribution is 0.926. The lowest BCUT2D eigenvalue weighted by Gasteiger charge is -2.09. The highest BCUT2D eigenvalue weighted by Gasteiger charge is 2.05. The van der Waals surface area contributed by atoms with E-state index in [2.05, 4.69) is 43.4 Å². The van der Waals surface area contributed by atoms with Gasteiger partial charge in [0.2, 0.25) is 0 Å². The second-order valence-electron chi connectivity index (χ2n) is 4.14. The van der Waals surface area contributed by atoms with E-state index >= 15 is 0 Å². The number of hydrogen-bond donors (Lipinski definition) is 1. The standard InChI is InChI=1S/C14H18N2/c1-4-6-11-7-5-8-12-9-10(2)14(15-3)16-13(11)12/h5,7-9H,4,6H2,1-3H3,(H,15,16). The first-order chi connectivity index (χ1) is 7.76. The van der Waals surface area contributed by atoms with Crippen molar-refractivity contribution in [2.75, 3.05) is 12.4 Å². The zero-order valence-electron chi connectivity index (χ0n) is 10.2. The Hall–Kier alpha value is -1.57. The van der Waals surface area contributed by atoms with E-state index in [9.17, 15) is 0 Å². The van der Waals surface area contributed by atoms with E-state index in [4.69, 9.17) is 4.98 Å². The van der Waals surface area contributed by atoms with Gasteiger partial charge in [0.15, 0.2) is 0 Å². The fourth-order valence-corrected chi connectivity index (χ4v) is 2.09. The molecule has 0 saturated carbocycles. The van der Waals surface area contributed by atoms with Gasteiger partial charge in [-0.25, -0.2) is 4.98 Å². The third kappa shape index (κ3) is 1.87. The van der Waals surface area contributed by atoms with Gasteiger partial charge in [-0.15, -0.1) is 0 Å². The normalized spacial score (nSPS) is 10.7. The molecular formula is C14H18N2. The molecule has 0 aliphatic rings. The molecule has 1 aromatic heterocycles. The number of hydrogen-bond acceptors (Lipinski definition) is 2. The molecule has 0 aliphatic heterocycles. The minimum atomic E-state index is 0.982. The molecule has 0 bridgehead atoms. The number of rotatable bonds is 3. The number of anilines is 1. The van der Waals surface area contributed by atoms with E-state index in [1.807, 2.05) is 7.05 Å². The van der Waals surface area contributed by atoms with Crippen LogP contribution in [0.2, 0.25) is 0 Å². The number of aromatic nitrogens is 1. The van der Waals surface area contributed by atoms with E-state index < -0.39 is 0 Å². The SMILES string of the molecule is CCCc1cccc2cc(C)c(NC)nc12. The average molecular weight is 214 g/mol. The zero-order chi connectivity index (χ0) is 11.5. The molecule has 2 rings (SSSR count). The van der Waals surface area contributed by atoms with Gasteiger partial charge >= 0.3 is 0 Å². The molecule has 0 amide bonds. The van der Waals surface area contributed by atoms with Gasteiger partial charge < -0.3 is 5.32 Å². The second kappa shape index (κ2) is 4.52. The molecule has 0 atom stereocenters. The van der Waals surface area contributed by atoms with Gasteiger partial charge in [-0.3, -0.25) is 0 Å². The highest BCUT2D eigenvalue weighted by Crippen LogP contribution is 2.23. The first kappa shape index (κ1) is 10.9. The van der Waals surface area contributed by atoms with Crippen LogP contribution < -0.4 is 5.32 Å². The van der Waals surface area contributed by atoms with Crippen LogP contribution in [0.5, 0.6) is 0 Å². The van der Waals surface area contributed by atoms with Crippen LogP contribution in [0, 0.1) is 6.92 Å². The molecule has 0 radical (unpaired) electrons. The van der Waals surface area contributed by atoms with Crippen molar-refractivity contribution in [1.29, 1.82) is 0 Å². The molecule has 0 saturated heterocycles. The van der Waals surface area contributed by atoms with Crippen LogP contribution in [0.15, 0.2) is 24.3 Å². The third-order valence-electron chi connectivity index (χ3n) is 2.88. The molecule has 1 heterocycles. The number of pyridine rings is 1. The predicted octanol–water partition coefficient (Wildman–Crippen LogP) is 3.54. The summed E-state index contributed by atoms with van der Waals surface area (Å²) in [6.07, 6.45) is 2.25. The minimum Gasteiger partial charge on any atom is -0.373 e. The van der Waals surface area contributed by atoms with Crippen molar-refractivity contribution >= 4 is 16.7 Å². The number of nitrogens with one attached hydrogen (secondary N) is 1. The average Bonchev–Trinajstić information content (AvgIpc) is 2.29. The number of nitrogens with zero attached hydrogens (tertiary/aromatic N) is 1. The van der Waals surface area contributed by atoms with E-state index in [0.717, 1.165) is 24.2 Å². The molecule has 84 valence electrons. The largest absolute Gasteiger partial charge is 0.373 e. The van der Waals surface area contributed by atoms with Crippen LogP contribution in [0.1, 0.15) is 24.5 Å². The topological polar surface area (TPSA) is 24.9 Å². The van der Waals surface area contributed by atoms with E-state index in [0.29, 0.717) is 0 Å². The Kier molecular flexibility index (Phi) is 3.09. The van der Waals surface area contributed by atoms with Gasteiger partial charge in [0.05, 0.1) is 5.52 Å². The summed E-state index contributed by atoms with van der Waals surface area (Å²) in [7, 11) is 1.92. The molecule has 1 aromatic carbocycles. The quantitative estimate of drug-likeness (QED) is 0.845. The first-order valence-corrected chi connectivity index (χ1v) is 5.83. The summed E-state index contributed by atoms with van der Waals surface area (Å²) in [5.41, 5.74) is 3.68. The summed E-state index contributed by atoms with van der Waals surface area (Å²) in [6, 6.07) is 8.63. The second-order valence-corrected chi connectivity index (χ2v) is 4.14. The van der Waals surface area contributed by atoms with Crippen molar-refractivity contribution in [1.82, 2.24) is 4.98 Å². The minimum absolute atomic E-state index is 0.982. The van der Waals surface area contributed by atoms with Gasteiger partial charge in [-0.2, -0.15) is 0 Å². The van der Waals surface area contributed by atoms with Crippen LogP contribution in [0.25, 0.3) is 10.9 Å². The Balaban J connectivity index is 2.66. The molecule has 2 heteroatoms. The summed E-state index contributed by atoms with van der Waals surface area (Å²) in [4.78, 5) is 4.70. The Labute approximate surface area is 96.7 Å². The maximum atomic E-state index is 4.70. The zero-order valence-corrected chi connectivity index (χ0v) is 10.2. The molecule has 16 heavy (non-hydrogen) atoms. The Morgan fingerprint density at radius 2 is 2.12 bits per heavy atom. The van der Waals surface area contributed by atoms with Crippen molar-refractivity contribution in [3.8, 4) is 0 Å². The van der Waals surface area contributed by atoms with Crippen molar-refractivity contribution in [3.05, 3.63) is 35.4 Å². The first-order valence-electron chi connectivity index (χ1n) is 5.83. The van der Waals surface area contributed by atoms with Crippen LogP contribution in [-0.4, -0.2) is 12.0 Å². The molecule has 2 aromatic rings. The molecular weight excluding hydrogens is 196 g/mol. The summed E-state index contributed by atoms with van der Waals surface area (Å²) in [6.45, 7) is 4.29. The number of fused-ring (bicyclic) bond motifs is 1. The molecule has 2 nitrogen and oxygen atoms in total. The van der Waals surface area contributed by atoms with E-state index in [-0.39, 0.29) is 0 Å². The monoisotopic (exact) mass is 214 g/mol. The Morgan fingerprint density at radius 3 is 2.81 bits per heavy atom. The van der Waals surface area contributed by atoms with Crippen molar-refractivity contribution < 1.29 is 0 Å². The summed E-state index contributed by atoms with van der Waals surface area (Å²) in [5, 5.41) is 4.38. The van der Waals surface area contributed by atoms with E-state index in [1.54, 1.807) is 0 Å². The third-order valence-corrected chi connectivity index (χ3v) is 2.88. The van der Waals surface area contributed by atoms with Gasteiger partial charge in [0.1, 0.15) is 5.82 Å². The maximum absolute atomic E-state index is 4.70. The van der Waals surface area contributed by atoms with Crippen LogP contribution in [0.4, 0.5) is 5.82 Å². The molecule has 1 N–H and O–H groups in total. The maximum Gasteiger partial charge on any atom is 0.129 e. The van der Waals surface area contributed by atoms with Gasteiger partial charge in [-0.1, -0.05) is 31.5 Å². The van der Waals surface area contributed by atoms with Crippen LogP contribution >= 0.6 is 0 Å². The number of aryl methyl sites for hydroxylation is 2. The molecule has 0 fully saturated rings. The molecule has 0 aliphatic carbocycles. The van der Waals surface area contributed by atoms with Crippen molar-refractivity contribution in [2.45, 2.75) is 26.7 Å². The lowest BCUT2D eigenvalue weighted by Crippen LogP contribution is -1.98. The number of para-hydroxylation sites is 1. The Bertz CT molecular complexity index is 503. The van der Waals surface area contributed by atoms with Crippen LogP contribution in [0.3, 0.4) is 0 Å². The highest BCUT2D eigenvalue weighted by molar-refractivity contribution is 5.84. The Morgan fingerprint density at radius 1 is 1.31 bits per heavy atom.